The number of aromatic hydroxyl groups is 3. The summed E-state index contributed by atoms with van der Waals surface area (Å²) in [5.41, 5.74) is -1.26. The van der Waals surface area contributed by atoms with Gasteiger partial charge in [-0.1, -0.05) is 6.58 Å². The van der Waals surface area contributed by atoms with Gasteiger partial charge in [-0.15, -0.1) is 0 Å². The Hall–Kier alpha value is -3.35. The number of rotatable bonds is 2. The SMILES string of the molecule is C=C(O)/C=c1/oc(-c2ccc(O)cc2O)c(O)c(=O)/c1=C(/C)O. The summed E-state index contributed by atoms with van der Waals surface area (Å²) < 4.78 is 5.35. The molecular weight excluding hydrogens is 304 g/mol. The molecule has 0 bridgehead atoms. The first-order valence-electron chi connectivity index (χ1n) is 6.40. The minimum absolute atomic E-state index is 0.0576. The maximum Gasteiger partial charge on any atom is 0.238 e. The Morgan fingerprint density at radius 2 is 1.87 bits per heavy atom. The van der Waals surface area contributed by atoms with Crippen LogP contribution in [0.2, 0.25) is 0 Å². The van der Waals surface area contributed by atoms with Crippen LogP contribution in [0, 0.1) is 0 Å². The molecule has 2 rings (SSSR count). The van der Waals surface area contributed by atoms with Crippen molar-refractivity contribution in [3.05, 3.63) is 51.4 Å². The number of phenols is 2. The molecule has 0 saturated carbocycles. The second-order valence-corrected chi connectivity index (χ2v) is 4.77. The summed E-state index contributed by atoms with van der Waals surface area (Å²) in [5.74, 6) is -2.75. The molecule has 0 unspecified atom stereocenters. The van der Waals surface area contributed by atoms with Gasteiger partial charge in [0.2, 0.25) is 11.2 Å². The van der Waals surface area contributed by atoms with Crippen molar-refractivity contribution < 1.29 is 29.9 Å². The van der Waals surface area contributed by atoms with E-state index in [1.54, 1.807) is 0 Å². The van der Waals surface area contributed by atoms with Crippen LogP contribution in [0.5, 0.6) is 17.2 Å². The monoisotopic (exact) mass is 318 g/mol. The molecule has 0 atom stereocenters. The van der Waals surface area contributed by atoms with Gasteiger partial charge in [-0.2, -0.15) is 0 Å². The Kier molecular flexibility index (Phi) is 4.04. The Balaban J connectivity index is 2.99. The molecule has 0 radical (unpaired) electrons. The van der Waals surface area contributed by atoms with Crippen LogP contribution < -0.4 is 16.1 Å². The number of benzene rings is 1. The lowest BCUT2D eigenvalue weighted by Gasteiger charge is -2.07. The molecule has 1 aromatic heterocycles. The summed E-state index contributed by atoms with van der Waals surface area (Å²) in [4.78, 5) is 12.2. The van der Waals surface area contributed by atoms with Crippen LogP contribution in [0.4, 0.5) is 0 Å². The Morgan fingerprint density at radius 3 is 2.39 bits per heavy atom. The predicted octanol–water partition coefficient (Wildman–Crippen LogP) is 0.962. The van der Waals surface area contributed by atoms with Crippen molar-refractivity contribution in [2.75, 3.05) is 0 Å². The summed E-state index contributed by atoms with van der Waals surface area (Å²) in [6.07, 6.45) is 0.983. The fourth-order valence-corrected chi connectivity index (χ4v) is 2.03. The molecule has 0 spiro atoms. The largest absolute Gasteiger partial charge is 0.512 e. The second kappa shape index (κ2) is 5.80. The molecule has 0 fully saturated rings. The van der Waals surface area contributed by atoms with Gasteiger partial charge in [0, 0.05) is 12.1 Å². The average molecular weight is 318 g/mol. The van der Waals surface area contributed by atoms with Crippen LogP contribution in [0.15, 0.2) is 39.7 Å². The number of aliphatic hydroxyl groups excluding tert-OH is 2. The minimum atomic E-state index is -0.953. The molecule has 7 heteroatoms. The van der Waals surface area contributed by atoms with Crippen LogP contribution >= 0.6 is 0 Å². The first-order valence-corrected chi connectivity index (χ1v) is 6.40. The van der Waals surface area contributed by atoms with E-state index in [0.717, 1.165) is 12.1 Å². The lowest BCUT2D eigenvalue weighted by atomic mass is 10.1. The van der Waals surface area contributed by atoms with Crippen LogP contribution in [0.3, 0.4) is 0 Å². The summed E-state index contributed by atoms with van der Waals surface area (Å²) in [6, 6.07) is 3.45. The van der Waals surface area contributed by atoms with E-state index in [1.807, 2.05) is 0 Å². The predicted molar refractivity (Wildman–Crippen MR) is 82.6 cm³/mol. The molecule has 0 aliphatic rings. The van der Waals surface area contributed by atoms with Crippen molar-refractivity contribution in [3.8, 4) is 28.6 Å². The molecule has 2 aromatic rings. The van der Waals surface area contributed by atoms with E-state index in [9.17, 15) is 30.3 Å². The lowest BCUT2D eigenvalue weighted by Crippen LogP contribution is -2.40. The van der Waals surface area contributed by atoms with Crippen LogP contribution in [-0.2, 0) is 0 Å². The van der Waals surface area contributed by atoms with E-state index >= 15 is 0 Å². The molecule has 0 aliphatic carbocycles. The lowest BCUT2D eigenvalue weighted by molar-refractivity contribution is 0.411. The van der Waals surface area contributed by atoms with Gasteiger partial charge in [-0.05, 0) is 19.1 Å². The first kappa shape index (κ1) is 16.0. The molecule has 120 valence electrons. The Labute approximate surface area is 129 Å². The van der Waals surface area contributed by atoms with Crippen molar-refractivity contribution in [2.45, 2.75) is 6.92 Å². The fourth-order valence-electron chi connectivity index (χ4n) is 2.03. The second-order valence-electron chi connectivity index (χ2n) is 4.77. The molecule has 0 amide bonds. The highest BCUT2D eigenvalue weighted by atomic mass is 16.4. The Morgan fingerprint density at radius 1 is 1.22 bits per heavy atom. The van der Waals surface area contributed by atoms with E-state index < -0.39 is 28.4 Å². The van der Waals surface area contributed by atoms with Crippen molar-refractivity contribution in [3.63, 3.8) is 0 Å². The zero-order chi connectivity index (χ0) is 17.3. The molecule has 0 aliphatic heterocycles. The first-order chi connectivity index (χ1) is 10.7. The van der Waals surface area contributed by atoms with Crippen LogP contribution in [0.25, 0.3) is 23.2 Å². The van der Waals surface area contributed by atoms with Gasteiger partial charge in [0.1, 0.15) is 33.7 Å². The number of hydrogen-bond donors (Lipinski definition) is 5. The molecule has 1 heterocycles. The highest BCUT2D eigenvalue weighted by Gasteiger charge is 2.18. The number of hydrogen-bond acceptors (Lipinski definition) is 7. The summed E-state index contributed by atoms with van der Waals surface area (Å²) in [5, 5.41) is 47.7. The standard InChI is InChI=1S/C16H14O7/c1-7(17)5-12-13(8(2)18)14(21)15(22)16(23-12)10-4-3-9(19)6-11(10)20/h3-6,17-20,22H,1H2,2H3/b12-5+,13-8-. The highest BCUT2D eigenvalue weighted by Crippen LogP contribution is 2.34. The molecule has 1 aromatic carbocycles. The summed E-state index contributed by atoms with van der Waals surface area (Å²) in [6.45, 7) is 4.45. The summed E-state index contributed by atoms with van der Waals surface area (Å²) >= 11 is 0. The summed E-state index contributed by atoms with van der Waals surface area (Å²) in [7, 11) is 0. The molecule has 0 saturated heterocycles. The smallest absolute Gasteiger partial charge is 0.238 e. The van der Waals surface area contributed by atoms with E-state index in [0.29, 0.717) is 0 Å². The van der Waals surface area contributed by atoms with Crippen LogP contribution in [0.1, 0.15) is 6.92 Å². The van der Waals surface area contributed by atoms with E-state index in [-0.39, 0.29) is 27.7 Å². The molecule has 5 N–H and O–H groups in total. The van der Waals surface area contributed by atoms with E-state index in [4.69, 9.17) is 4.42 Å². The topological polar surface area (TPSA) is 131 Å². The third kappa shape index (κ3) is 2.98. The van der Waals surface area contributed by atoms with Crippen molar-refractivity contribution in [2.24, 2.45) is 0 Å². The van der Waals surface area contributed by atoms with Gasteiger partial charge in [-0.25, -0.2) is 0 Å². The van der Waals surface area contributed by atoms with Gasteiger partial charge in [-0.3, -0.25) is 4.79 Å². The number of aliphatic hydroxyl groups is 2. The van der Waals surface area contributed by atoms with Gasteiger partial charge in [0.05, 0.1) is 5.56 Å². The third-order valence-corrected chi connectivity index (χ3v) is 3.00. The zero-order valence-corrected chi connectivity index (χ0v) is 12.1. The van der Waals surface area contributed by atoms with E-state index in [1.165, 1.54) is 19.1 Å². The quantitative estimate of drug-likeness (QED) is 0.521. The van der Waals surface area contributed by atoms with Crippen molar-refractivity contribution >= 4 is 11.8 Å². The normalized spacial score (nSPS) is 13.0. The van der Waals surface area contributed by atoms with E-state index in [2.05, 4.69) is 6.58 Å². The fraction of sp³-hybridized carbons (Fsp3) is 0.0625. The van der Waals surface area contributed by atoms with Crippen molar-refractivity contribution in [1.82, 2.24) is 0 Å². The van der Waals surface area contributed by atoms with Crippen molar-refractivity contribution in [1.29, 1.82) is 0 Å². The minimum Gasteiger partial charge on any atom is -0.512 e. The Bertz CT molecular complexity index is 963. The van der Waals surface area contributed by atoms with Gasteiger partial charge < -0.3 is 29.9 Å². The molecule has 7 nitrogen and oxygen atoms in total. The third-order valence-electron chi connectivity index (χ3n) is 3.00. The maximum atomic E-state index is 12.2. The van der Waals surface area contributed by atoms with Gasteiger partial charge >= 0.3 is 0 Å². The van der Waals surface area contributed by atoms with Crippen LogP contribution in [-0.4, -0.2) is 25.5 Å². The molecular formula is C16H14O7. The van der Waals surface area contributed by atoms with Gasteiger partial charge in [0.25, 0.3) is 0 Å². The van der Waals surface area contributed by atoms with Gasteiger partial charge in [0.15, 0.2) is 5.76 Å². The number of allylic oxidation sites excluding steroid dienone is 1. The molecule has 23 heavy (non-hydrogen) atoms. The maximum absolute atomic E-state index is 12.2. The highest BCUT2D eigenvalue weighted by molar-refractivity contribution is 5.71. The zero-order valence-electron chi connectivity index (χ0n) is 12.1. The number of phenolic OH excluding ortho intramolecular Hbond substituents is 2. The average Bonchev–Trinajstić information content (AvgIpc) is 2.42.